The number of amides is 1. The number of nitrogens with zero attached hydrogens (tertiary/aromatic N) is 1. The topological polar surface area (TPSA) is 32.3 Å². The standard InChI is InChI=1S/C15H22N2O/c1-11-6-7-12(2)14(9-11)15(18)17-8-4-5-13(10-17)16-3/h6-7,9,13,16H,4-5,8,10H2,1-3H3. The number of carbonyl (C=O) groups is 1. The first kappa shape index (κ1) is 13.1. The minimum atomic E-state index is 0.177. The van der Waals surface area contributed by atoms with Gasteiger partial charge in [-0.2, -0.15) is 0 Å². The molecule has 98 valence electrons. The SMILES string of the molecule is CNC1CCCN(C(=O)c2cc(C)ccc2C)C1. The third-order valence-corrected chi connectivity index (χ3v) is 3.74. The van der Waals surface area contributed by atoms with Crippen LogP contribution in [0.5, 0.6) is 0 Å². The van der Waals surface area contributed by atoms with Crippen LogP contribution < -0.4 is 5.32 Å². The molecule has 1 unspecified atom stereocenters. The van der Waals surface area contributed by atoms with Crippen LogP contribution >= 0.6 is 0 Å². The van der Waals surface area contributed by atoms with Gasteiger partial charge in [-0.1, -0.05) is 17.7 Å². The second-order valence-electron chi connectivity index (χ2n) is 5.20. The van der Waals surface area contributed by atoms with E-state index >= 15 is 0 Å². The predicted molar refractivity (Wildman–Crippen MR) is 73.9 cm³/mol. The molecule has 1 aliphatic rings. The number of rotatable bonds is 2. The Bertz CT molecular complexity index is 442. The van der Waals surface area contributed by atoms with Gasteiger partial charge in [0.2, 0.25) is 0 Å². The summed E-state index contributed by atoms with van der Waals surface area (Å²) >= 11 is 0. The average Bonchev–Trinajstić information content (AvgIpc) is 2.41. The number of likely N-dealkylation sites (N-methyl/N-ethyl adjacent to an activating group) is 1. The second-order valence-corrected chi connectivity index (χ2v) is 5.20. The minimum absolute atomic E-state index is 0.177. The fourth-order valence-corrected chi connectivity index (χ4v) is 2.53. The Morgan fingerprint density at radius 1 is 1.39 bits per heavy atom. The van der Waals surface area contributed by atoms with Gasteiger partial charge in [0, 0.05) is 24.7 Å². The third-order valence-electron chi connectivity index (χ3n) is 3.74. The zero-order chi connectivity index (χ0) is 13.1. The van der Waals surface area contributed by atoms with Gasteiger partial charge in [0.25, 0.3) is 5.91 Å². The van der Waals surface area contributed by atoms with Crippen molar-refractivity contribution in [2.45, 2.75) is 32.7 Å². The highest BCUT2D eigenvalue weighted by molar-refractivity contribution is 5.95. The molecule has 1 fully saturated rings. The fraction of sp³-hybridized carbons (Fsp3) is 0.533. The number of likely N-dealkylation sites (tertiary alicyclic amines) is 1. The lowest BCUT2D eigenvalue weighted by atomic mass is 10.0. The molecule has 2 rings (SSSR count). The summed E-state index contributed by atoms with van der Waals surface area (Å²) in [5.74, 6) is 0.177. The molecule has 0 aliphatic carbocycles. The van der Waals surface area contributed by atoms with E-state index in [1.165, 1.54) is 0 Å². The monoisotopic (exact) mass is 246 g/mol. The van der Waals surface area contributed by atoms with Gasteiger partial charge in [-0.25, -0.2) is 0 Å². The van der Waals surface area contributed by atoms with Gasteiger partial charge in [0.05, 0.1) is 0 Å². The van der Waals surface area contributed by atoms with Crippen molar-refractivity contribution in [2.24, 2.45) is 0 Å². The number of aryl methyl sites for hydroxylation is 2. The molecule has 0 aromatic heterocycles. The predicted octanol–water partition coefficient (Wildman–Crippen LogP) is 2.13. The fourth-order valence-electron chi connectivity index (χ4n) is 2.53. The molecule has 3 heteroatoms. The molecule has 3 nitrogen and oxygen atoms in total. The molecule has 0 spiro atoms. The maximum absolute atomic E-state index is 12.5. The molecule has 1 heterocycles. The Morgan fingerprint density at radius 3 is 2.89 bits per heavy atom. The Labute approximate surface area is 109 Å². The average molecular weight is 246 g/mol. The van der Waals surface area contributed by atoms with E-state index in [1.807, 2.05) is 37.9 Å². The number of carbonyl (C=O) groups excluding carboxylic acids is 1. The van der Waals surface area contributed by atoms with Crippen molar-refractivity contribution in [3.8, 4) is 0 Å². The minimum Gasteiger partial charge on any atom is -0.337 e. The van der Waals surface area contributed by atoms with Gasteiger partial charge in [0.15, 0.2) is 0 Å². The van der Waals surface area contributed by atoms with Crippen molar-refractivity contribution in [3.63, 3.8) is 0 Å². The number of benzene rings is 1. The largest absolute Gasteiger partial charge is 0.337 e. The summed E-state index contributed by atoms with van der Waals surface area (Å²) in [6, 6.07) is 6.52. The lowest BCUT2D eigenvalue weighted by molar-refractivity contribution is 0.0697. The quantitative estimate of drug-likeness (QED) is 0.867. The van der Waals surface area contributed by atoms with Gasteiger partial charge in [-0.3, -0.25) is 4.79 Å². The van der Waals surface area contributed by atoms with Gasteiger partial charge in [-0.15, -0.1) is 0 Å². The van der Waals surface area contributed by atoms with Crippen LogP contribution in [0.3, 0.4) is 0 Å². The normalized spacial score (nSPS) is 19.9. The molecule has 1 amide bonds. The lowest BCUT2D eigenvalue weighted by Gasteiger charge is -2.33. The first-order chi connectivity index (χ1) is 8.61. The highest BCUT2D eigenvalue weighted by Gasteiger charge is 2.24. The Balaban J connectivity index is 2.17. The van der Waals surface area contributed by atoms with Gasteiger partial charge in [-0.05, 0) is 45.4 Å². The van der Waals surface area contributed by atoms with Gasteiger partial charge < -0.3 is 10.2 Å². The molecule has 1 saturated heterocycles. The highest BCUT2D eigenvalue weighted by Crippen LogP contribution is 2.17. The van der Waals surface area contributed by atoms with E-state index in [1.54, 1.807) is 0 Å². The van der Waals surface area contributed by atoms with Crippen molar-refractivity contribution in [2.75, 3.05) is 20.1 Å². The molecular formula is C15H22N2O. The maximum Gasteiger partial charge on any atom is 0.254 e. The van der Waals surface area contributed by atoms with E-state index in [2.05, 4.69) is 11.4 Å². The molecule has 0 radical (unpaired) electrons. The number of nitrogens with one attached hydrogen (secondary N) is 1. The first-order valence-electron chi connectivity index (χ1n) is 6.65. The first-order valence-corrected chi connectivity index (χ1v) is 6.65. The van der Waals surface area contributed by atoms with E-state index in [0.29, 0.717) is 6.04 Å². The van der Waals surface area contributed by atoms with Gasteiger partial charge in [0.1, 0.15) is 0 Å². The van der Waals surface area contributed by atoms with Crippen LogP contribution in [0, 0.1) is 13.8 Å². The summed E-state index contributed by atoms with van der Waals surface area (Å²) in [7, 11) is 1.97. The van der Waals surface area contributed by atoms with Crippen LogP contribution in [-0.4, -0.2) is 37.0 Å². The second kappa shape index (κ2) is 5.53. The zero-order valence-electron chi connectivity index (χ0n) is 11.5. The van der Waals surface area contributed by atoms with Crippen LogP contribution in [0.25, 0.3) is 0 Å². The van der Waals surface area contributed by atoms with Crippen LogP contribution in [0.2, 0.25) is 0 Å². The van der Waals surface area contributed by atoms with Crippen molar-refractivity contribution in [1.29, 1.82) is 0 Å². The van der Waals surface area contributed by atoms with Crippen LogP contribution in [0.15, 0.2) is 18.2 Å². The van der Waals surface area contributed by atoms with E-state index in [9.17, 15) is 4.79 Å². The van der Waals surface area contributed by atoms with E-state index in [4.69, 9.17) is 0 Å². The van der Waals surface area contributed by atoms with E-state index < -0.39 is 0 Å². The molecule has 1 atom stereocenters. The highest BCUT2D eigenvalue weighted by atomic mass is 16.2. The molecule has 1 N–H and O–H groups in total. The maximum atomic E-state index is 12.5. The number of piperidine rings is 1. The summed E-state index contributed by atoms with van der Waals surface area (Å²) in [6.07, 6.45) is 2.25. The molecule has 1 aromatic carbocycles. The van der Waals surface area contributed by atoms with Crippen molar-refractivity contribution < 1.29 is 4.79 Å². The summed E-state index contributed by atoms with van der Waals surface area (Å²) in [5.41, 5.74) is 3.06. The van der Waals surface area contributed by atoms with Crippen LogP contribution in [0.4, 0.5) is 0 Å². The van der Waals surface area contributed by atoms with Crippen LogP contribution in [0.1, 0.15) is 34.3 Å². The van der Waals surface area contributed by atoms with Crippen LogP contribution in [-0.2, 0) is 0 Å². The van der Waals surface area contributed by atoms with E-state index in [0.717, 1.165) is 42.6 Å². The van der Waals surface area contributed by atoms with E-state index in [-0.39, 0.29) is 5.91 Å². The number of hydrogen-bond donors (Lipinski definition) is 1. The Morgan fingerprint density at radius 2 is 2.17 bits per heavy atom. The number of hydrogen-bond acceptors (Lipinski definition) is 2. The summed E-state index contributed by atoms with van der Waals surface area (Å²) in [4.78, 5) is 14.5. The third kappa shape index (κ3) is 2.72. The Hall–Kier alpha value is -1.35. The Kier molecular flexibility index (Phi) is 4.02. The zero-order valence-corrected chi connectivity index (χ0v) is 11.5. The summed E-state index contributed by atoms with van der Waals surface area (Å²) in [5, 5.41) is 3.27. The molecule has 1 aromatic rings. The summed E-state index contributed by atoms with van der Waals surface area (Å²) < 4.78 is 0. The molecule has 0 saturated carbocycles. The lowest BCUT2D eigenvalue weighted by Crippen LogP contribution is -2.47. The molecule has 18 heavy (non-hydrogen) atoms. The van der Waals surface area contributed by atoms with Crippen molar-refractivity contribution in [3.05, 3.63) is 34.9 Å². The molecule has 0 bridgehead atoms. The van der Waals surface area contributed by atoms with Crippen molar-refractivity contribution in [1.82, 2.24) is 10.2 Å². The van der Waals surface area contributed by atoms with Gasteiger partial charge >= 0.3 is 0 Å². The summed E-state index contributed by atoms with van der Waals surface area (Å²) in [6.45, 7) is 5.74. The van der Waals surface area contributed by atoms with Crippen molar-refractivity contribution >= 4 is 5.91 Å². The molecule has 1 aliphatic heterocycles. The molecular weight excluding hydrogens is 224 g/mol. The smallest absolute Gasteiger partial charge is 0.254 e.